The molecule has 4 rings (SSSR count). The topological polar surface area (TPSA) is 107 Å². The lowest BCUT2D eigenvalue weighted by Gasteiger charge is -2.29. The molecule has 3 amide bonds. The zero-order chi connectivity index (χ0) is 28.2. The van der Waals surface area contributed by atoms with Crippen molar-refractivity contribution in [1.82, 2.24) is 14.1 Å². The maximum absolute atomic E-state index is 13.6. The monoisotopic (exact) mass is 574 g/mol. The predicted octanol–water partition coefficient (Wildman–Crippen LogP) is 4.34. The minimum absolute atomic E-state index is 0.0185. The van der Waals surface area contributed by atoms with Crippen LogP contribution in [0.15, 0.2) is 29.2 Å². The van der Waals surface area contributed by atoms with Gasteiger partial charge in [-0.1, -0.05) is 13.8 Å². The molecule has 1 aromatic heterocycles. The van der Waals surface area contributed by atoms with E-state index < -0.39 is 15.9 Å². The Hall–Kier alpha value is -2.76. The van der Waals surface area contributed by atoms with Gasteiger partial charge < -0.3 is 15.1 Å². The number of amides is 3. The molecule has 0 spiro atoms. The minimum Gasteiger partial charge on any atom is -0.339 e. The van der Waals surface area contributed by atoms with Gasteiger partial charge in [-0.2, -0.15) is 4.31 Å². The Morgan fingerprint density at radius 1 is 0.949 bits per heavy atom. The number of hydrogen-bond donors (Lipinski definition) is 1. The Morgan fingerprint density at radius 3 is 2.18 bits per heavy atom. The number of sulfonamides is 1. The predicted molar refractivity (Wildman–Crippen MR) is 153 cm³/mol. The van der Waals surface area contributed by atoms with Gasteiger partial charge in [-0.3, -0.25) is 14.4 Å². The van der Waals surface area contributed by atoms with E-state index >= 15 is 0 Å². The van der Waals surface area contributed by atoms with Crippen molar-refractivity contribution in [1.29, 1.82) is 0 Å². The highest BCUT2D eigenvalue weighted by molar-refractivity contribution is 7.89. The van der Waals surface area contributed by atoms with Crippen LogP contribution in [0.3, 0.4) is 0 Å². The van der Waals surface area contributed by atoms with Crippen molar-refractivity contribution < 1.29 is 22.8 Å². The number of piperidine rings is 1. The highest BCUT2D eigenvalue weighted by Crippen LogP contribution is 2.38. The standard InChI is InChI=1S/C28H38N4O5S2/c1-4-14-32(15-5-2)39(36,37)22-11-9-21(10-12-22)26(34)29-27-25(28(35)30-16-7-6-8-17-30)23-13-18-31(20(3)33)19-24(23)38-27/h9-12H,4-8,13-19H2,1-3H3,(H,29,34). The molecule has 2 aliphatic heterocycles. The molecule has 0 radical (unpaired) electrons. The Labute approximate surface area is 235 Å². The van der Waals surface area contributed by atoms with E-state index in [-0.39, 0.29) is 16.7 Å². The molecule has 3 heterocycles. The van der Waals surface area contributed by atoms with Gasteiger partial charge in [0.05, 0.1) is 17.0 Å². The number of nitrogens with one attached hydrogen (secondary N) is 1. The molecule has 2 aromatic rings. The van der Waals surface area contributed by atoms with Gasteiger partial charge in [0.2, 0.25) is 15.9 Å². The van der Waals surface area contributed by atoms with Crippen molar-refractivity contribution in [3.8, 4) is 0 Å². The van der Waals surface area contributed by atoms with Crippen molar-refractivity contribution in [2.24, 2.45) is 0 Å². The summed E-state index contributed by atoms with van der Waals surface area (Å²) < 4.78 is 27.7. The molecule has 0 saturated carbocycles. The van der Waals surface area contributed by atoms with Crippen LogP contribution < -0.4 is 5.32 Å². The molecule has 11 heteroatoms. The van der Waals surface area contributed by atoms with E-state index in [1.165, 1.54) is 46.8 Å². The maximum Gasteiger partial charge on any atom is 0.257 e. The molecule has 0 aliphatic carbocycles. The van der Waals surface area contributed by atoms with E-state index in [1.807, 2.05) is 18.7 Å². The smallest absolute Gasteiger partial charge is 0.257 e. The van der Waals surface area contributed by atoms with Gasteiger partial charge in [-0.05, 0) is 68.4 Å². The summed E-state index contributed by atoms with van der Waals surface area (Å²) in [5, 5.41) is 3.42. The van der Waals surface area contributed by atoms with Crippen LogP contribution in [-0.4, -0.2) is 73.0 Å². The fourth-order valence-corrected chi connectivity index (χ4v) is 8.07. The molecule has 0 atom stereocenters. The largest absolute Gasteiger partial charge is 0.339 e. The zero-order valence-corrected chi connectivity index (χ0v) is 24.6. The van der Waals surface area contributed by atoms with Crippen molar-refractivity contribution in [2.75, 3.05) is 38.0 Å². The van der Waals surface area contributed by atoms with Crippen LogP contribution >= 0.6 is 11.3 Å². The van der Waals surface area contributed by atoms with Crippen LogP contribution in [0.5, 0.6) is 0 Å². The third-order valence-electron chi connectivity index (χ3n) is 7.29. The van der Waals surface area contributed by atoms with Gasteiger partial charge in [0.15, 0.2) is 0 Å². The molecule has 39 heavy (non-hydrogen) atoms. The van der Waals surface area contributed by atoms with E-state index in [4.69, 9.17) is 0 Å². The third-order valence-corrected chi connectivity index (χ3v) is 10.3. The van der Waals surface area contributed by atoms with Crippen molar-refractivity contribution in [2.45, 2.75) is 70.7 Å². The van der Waals surface area contributed by atoms with Gasteiger partial charge in [-0.15, -0.1) is 11.3 Å². The number of carbonyl (C=O) groups excluding carboxylic acids is 3. The van der Waals surface area contributed by atoms with Gasteiger partial charge in [-0.25, -0.2) is 8.42 Å². The molecular formula is C28H38N4O5S2. The van der Waals surface area contributed by atoms with Crippen LogP contribution in [-0.2, 0) is 27.8 Å². The molecular weight excluding hydrogens is 536 g/mol. The van der Waals surface area contributed by atoms with Gasteiger partial charge >= 0.3 is 0 Å². The number of likely N-dealkylation sites (tertiary alicyclic amines) is 1. The summed E-state index contributed by atoms with van der Waals surface area (Å²) in [5.41, 5.74) is 1.75. The number of anilines is 1. The molecule has 1 N–H and O–H groups in total. The first kappa shape index (κ1) is 29.2. The van der Waals surface area contributed by atoms with E-state index in [1.54, 1.807) is 4.90 Å². The van der Waals surface area contributed by atoms with Crippen molar-refractivity contribution >= 4 is 44.1 Å². The summed E-state index contributed by atoms with van der Waals surface area (Å²) in [6.07, 6.45) is 5.01. The van der Waals surface area contributed by atoms with Crippen LogP contribution in [0.2, 0.25) is 0 Å². The molecule has 2 aliphatic rings. The summed E-state index contributed by atoms with van der Waals surface area (Å²) in [7, 11) is -3.65. The van der Waals surface area contributed by atoms with E-state index in [9.17, 15) is 22.8 Å². The number of nitrogens with zero attached hydrogens (tertiary/aromatic N) is 3. The van der Waals surface area contributed by atoms with Crippen molar-refractivity contribution in [3.05, 3.63) is 45.8 Å². The normalized spacial score (nSPS) is 15.8. The lowest BCUT2D eigenvalue weighted by Crippen LogP contribution is -2.38. The van der Waals surface area contributed by atoms with Gasteiger partial charge in [0.25, 0.3) is 11.8 Å². The molecule has 0 bridgehead atoms. The second-order valence-electron chi connectivity index (χ2n) is 10.1. The van der Waals surface area contributed by atoms with E-state index in [0.29, 0.717) is 74.7 Å². The number of carbonyl (C=O) groups is 3. The number of hydrogen-bond acceptors (Lipinski definition) is 6. The average Bonchev–Trinajstić information content (AvgIpc) is 3.29. The SMILES string of the molecule is CCCN(CCC)S(=O)(=O)c1ccc(C(=O)Nc2sc3c(c2C(=O)N2CCCCC2)CCN(C(C)=O)C3)cc1. The fourth-order valence-electron chi connectivity index (χ4n) is 5.20. The summed E-state index contributed by atoms with van der Waals surface area (Å²) in [6.45, 7) is 8.64. The third kappa shape index (κ3) is 6.36. The molecule has 1 saturated heterocycles. The Bertz CT molecular complexity index is 1310. The number of rotatable bonds is 9. The summed E-state index contributed by atoms with van der Waals surface area (Å²) in [6, 6.07) is 5.95. The van der Waals surface area contributed by atoms with Crippen LogP contribution in [0.25, 0.3) is 0 Å². The highest BCUT2D eigenvalue weighted by Gasteiger charge is 2.32. The Kier molecular flexibility index (Phi) is 9.45. The van der Waals surface area contributed by atoms with Gasteiger partial charge in [0.1, 0.15) is 5.00 Å². The van der Waals surface area contributed by atoms with Crippen LogP contribution in [0, 0.1) is 0 Å². The van der Waals surface area contributed by atoms with Crippen molar-refractivity contribution in [3.63, 3.8) is 0 Å². The molecule has 1 aromatic carbocycles. The van der Waals surface area contributed by atoms with E-state index in [2.05, 4.69) is 5.32 Å². The summed E-state index contributed by atoms with van der Waals surface area (Å²) >= 11 is 1.34. The second-order valence-corrected chi connectivity index (χ2v) is 13.2. The minimum atomic E-state index is -3.65. The summed E-state index contributed by atoms with van der Waals surface area (Å²) in [5.74, 6) is -0.505. The highest BCUT2D eigenvalue weighted by atomic mass is 32.2. The van der Waals surface area contributed by atoms with Crippen LogP contribution in [0.1, 0.15) is 84.0 Å². The summed E-state index contributed by atoms with van der Waals surface area (Å²) in [4.78, 5) is 43.6. The molecule has 1 fully saturated rings. The zero-order valence-electron chi connectivity index (χ0n) is 23.0. The lowest BCUT2D eigenvalue weighted by molar-refractivity contribution is -0.129. The fraction of sp³-hybridized carbons (Fsp3) is 0.536. The first-order chi connectivity index (χ1) is 18.7. The first-order valence-electron chi connectivity index (χ1n) is 13.8. The quantitative estimate of drug-likeness (QED) is 0.480. The molecule has 0 unspecified atom stereocenters. The maximum atomic E-state index is 13.6. The van der Waals surface area contributed by atoms with Crippen LogP contribution in [0.4, 0.5) is 5.00 Å². The number of fused-ring (bicyclic) bond motifs is 1. The number of thiophene rings is 1. The molecule has 212 valence electrons. The first-order valence-corrected chi connectivity index (χ1v) is 16.0. The number of benzene rings is 1. The Morgan fingerprint density at radius 2 is 1.59 bits per heavy atom. The Balaban J connectivity index is 1.60. The second kappa shape index (κ2) is 12.6. The van der Waals surface area contributed by atoms with Gasteiger partial charge in [0, 0.05) is 50.1 Å². The average molecular weight is 575 g/mol. The van der Waals surface area contributed by atoms with E-state index in [0.717, 1.165) is 29.7 Å². The lowest BCUT2D eigenvalue weighted by atomic mass is 10.0. The molecule has 9 nitrogen and oxygen atoms in total.